The summed E-state index contributed by atoms with van der Waals surface area (Å²) in [5, 5.41) is 16.4. The van der Waals surface area contributed by atoms with Gasteiger partial charge in [0, 0.05) is 5.69 Å². The van der Waals surface area contributed by atoms with E-state index in [1.54, 1.807) is 12.4 Å². The molecule has 3 aromatic rings. The Morgan fingerprint density at radius 3 is 2.97 bits per heavy atom. The highest BCUT2D eigenvalue weighted by molar-refractivity contribution is 5.89. The Kier molecular flexibility index (Phi) is 4.42. The minimum Gasteiger partial charge on any atom is -0.388 e. The Hall–Kier alpha value is -3.01. The zero-order chi connectivity index (χ0) is 20.0. The minimum absolute atomic E-state index is 0.246. The van der Waals surface area contributed by atoms with Crippen molar-refractivity contribution in [1.82, 2.24) is 14.9 Å². The third kappa shape index (κ3) is 3.23. The average molecular weight is 398 g/mol. The molecule has 2 saturated heterocycles. The van der Waals surface area contributed by atoms with Crippen LogP contribution in [0.3, 0.4) is 0 Å². The maximum absolute atomic E-state index is 13.3. The fourth-order valence-electron chi connectivity index (χ4n) is 3.98. The third-order valence-electron chi connectivity index (χ3n) is 5.31. The molecule has 0 saturated carbocycles. The molecule has 2 aromatic carbocycles. The van der Waals surface area contributed by atoms with Crippen molar-refractivity contribution in [2.24, 2.45) is 0 Å². The summed E-state index contributed by atoms with van der Waals surface area (Å²) in [6, 6.07) is 11.3. The van der Waals surface area contributed by atoms with Crippen LogP contribution in [0, 0.1) is 5.82 Å². The largest absolute Gasteiger partial charge is 0.388 e. The first-order valence-corrected chi connectivity index (χ1v) is 9.30. The molecule has 29 heavy (non-hydrogen) atoms. The van der Waals surface area contributed by atoms with Gasteiger partial charge in [-0.05, 0) is 30.3 Å². The van der Waals surface area contributed by atoms with E-state index in [-0.39, 0.29) is 6.61 Å². The minimum atomic E-state index is -0.975. The summed E-state index contributed by atoms with van der Waals surface area (Å²) in [6.07, 6.45) is -0.471. The van der Waals surface area contributed by atoms with Crippen molar-refractivity contribution in [2.75, 3.05) is 11.9 Å². The van der Waals surface area contributed by atoms with Crippen LogP contribution < -0.4 is 10.6 Å². The molecule has 3 N–H and O–H groups in total. The van der Waals surface area contributed by atoms with E-state index in [1.165, 1.54) is 18.2 Å². The number of anilines is 1. The number of rotatable bonds is 3. The van der Waals surface area contributed by atoms with Crippen LogP contribution >= 0.6 is 0 Å². The molecule has 2 aliphatic rings. The number of nitrogens with one attached hydrogen (secondary N) is 2. The second-order valence-electron chi connectivity index (χ2n) is 7.13. The molecule has 2 bridgehead atoms. The van der Waals surface area contributed by atoms with Crippen molar-refractivity contribution >= 4 is 22.8 Å². The molecule has 3 heterocycles. The first-order valence-electron chi connectivity index (χ1n) is 9.30. The van der Waals surface area contributed by atoms with E-state index in [2.05, 4.69) is 15.6 Å². The molecular formula is C20H19FN4O4. The van der Waals surface area contributed by atoms with Crippen LogP contribution in [0.25, 0.3) is 11.0 Å². The van der Waals surface area contributed by atoms with Gasteiger partial charge in [-0.3, -0.25) is 0 Å². The summed E-state index contributed by atoms with van der Waals surface area (Å²) < 4.78 is 26.8. The number of urea groups is 1. The van der Waals surface area contributed by atoms with Crippen molar-refractivity contribution in [3.8, 4) is 0 Å². The summed E-state index contributed by atoms with van der Waals surface area (Å²) in [6.45, 7) is 0.246. The molecule has 0 radical (unpaired) electrons. The lowest BCUT2D eigenvalue weighted by atomic mass is 9.96. The van der Waals surface area contributed by atoms with Gasteiger partial charge >= 0.3 is 6.03 Å². The van der Waals surface area contributed by atoms with Gasteiger partial charge in [-0.1, -0.05) is 18.2 Å². The molecule has 2 amide bonds. The van der Waals surface area contributed by atoms with Gasteiger partial charge in [-0.25, -0.2) is 14.2 Å². The van der Waals surface area contributed by atoms with Crippen LogP contribution in [-0.2, 0) is 9.47 Å². The van der Waals surface area contributed by atoms with E-state index in [1.807, 2.05) is 28.8 Å². The van der Waals surface area contributed by atoms with Gasteiger partial charge in [-0.2, -0.15) is 0 Å². The Labute approximate surface area is 165 Å². The predicted octanol–water partition coefficient (Wildman–Crippen LogP) is 2.02. The topological polar surface area (TPSA) is 97.6 Å². The molecule has 0 spiro atoms. The van der Waals surface area contributed by atoms with E-state index in [0.29, 0.717) is 5.69 Å². The fourth-order valence-corrected chi connectivity index (χ4v) is 3.98. The molecule has 150 valence electrons. The number of hydrogen-bond acceptors (Lipinski definition) is 5. The van der Waals surface area contributed by atoms with Crippen LogP contribution in [-0.4, -0.2) is 51.8 Å². The van der Waals surface area contributed by atoms with Crippen LogP contribution in [0.2, 0.25) is 0 Å². The SMILES string of the molecule is O=C(Nc1cccc(F)c1)N[C@H]1[C@H](O)[C@@H](n2cnc3ccccc32)[C@@H]2OC[C@H]1O2. The number of nitrogens with zero attached hydrogens (tertiary/aromatic N) is 2. The number of aliphatic hydroxyl groups excluding tert-OH is 1. The highest BCUT2D eigenvalue weighted by Crippen LogP contribution is 2.37. The molecule has 1 aromatic heterocycles. The highest BCUT2D eigenvalue weighted by Gasteiger charge is 2.51. The predicted molar refractivity (Wildman–Crippen MR) is 102 cm³/mol. The maximum atomic E-state index is 13.3. The first kappa shape index (κ1) is 18.0. The first-order chi connectivity index (χ1) is 14.1. The van der Waals surface area contributed by atoms with Crippen molar-refractivity contribution in [1.29, 1.82) is 0 Å². The molecule has 2 fully saturated rings. The number of aromatic nitrogens is 2. The van der Waals surface area contributed by atoms with Gasteiger partial charge in [0.25, 0.3) is 0 Å². The summed E-state index contributed by atoms with van der Waals surface area (Å²) in [4.78, 5) is 16.8. The van der Waals surface area contributed by atoms with Crippen LogP contribution in [0.1, 0.15) is 6.04 Å². The van der Waals surface area contributed by atoms with E-state index in [9.17, 15) is 14.3 Å². The van der Waals surface area contributed by atoms with Crippen LogP contribution in [0.15, 0.2) is 54.9 Å². The van der Waals surface area contributed by atoms with Crippen molar-refractivity contribution in [2.45, 2.75) is 30.6 Å². The van der Waals surface area contributed by atoms with Crippen LogP contribution in [0.4, 0.5) is 14.9 Å². The van der Waals surface area contributed by atoms with Gasteiger partial charge < -0.3 is 29.8 Å². The number of carbonyl (C=O) groups excluding carboxylic acids is 1. The lowest BCUT2D eigenvalue weighted by Gasteiger charge is -2.39. The molecule has 9 heteroatoms. The number of ether oxygens (including phenoxy) is 2. The zero-order valence-electron chi connectivity index (χ0n) is 15.2. The number of fused-ring (bicyclic) bond motifs is 3. The number of hydrogen-bond donors (Lipinski definition) is 3. The number of aliphatic hydroxyl groups is 1. The number of halogens is 1. The lowest BCUT2D eigenvalue weighted by Crippen LogP contribution is -2.59. The number of carbonyl (C=O) groups is 1. The number of imidazole rings is 1. The van der Waals surface area contributed by atoms with Crippen molar-refractivity contribution in [3.63, 3.8) is 0 Å². The Balaban J connectivity index is 1.38. The molecule has 5 rings (SSSR count). The lowest BCUT2D eigenvalue weighted by molar-refractivity contribution is -0.162. The number of para-hydroxylation sites is 2. The molecule has 8 nitrogen and oxygen atoms in total. The van der Waals surface area contributed by atoms with Crippen molar-refractivity contribution in [3.05, 3.63) is 60.7 Å². The van der Waals surface area contributed by atoms with Gasteiger partial charge in [0.1, 0.15) is 24.1 Å². The average Bonchev–Trinajstić information content (AvgIpc) is 3.32. The molecule has 5 atom stereocenters. The number of benzene rings is 2. The maximum Gasteiger partial charge on any atom is 0.319 e. The second kappa shape index (κ2) is 7.11. The van der Waals surface area contributed by atoms with Gasteiger partial charge in [0.05, 0.1) is 30.0 Å². The summed E-state index contributed by atoms with van der Waals surface area (Å²) in [7, 11) is 0. The molecular weight excluding hydrogens is 379 g/mol. The third-order valence-corrected chi connectivity index (χ3v) is 5.31. The normalized spacial score (nSPS) is 28.4. The van der Waals surface area contributed by atoms with Gasteiger partial charge in [0.15, 0.2) is 6.29 Å². The summed E-state index contributed by atoms with van der Waals surface area (Å²) >= 11 is 0. The summed E-state index contributed by atoms with van der Waals surface area (Å²) in [5.41, 5.74) is 1.93. The van der Waals surface area contributed by atoms with Crippen molar-refractivity contribution < 1.29 is 23.8 Å². The Bertz CT molecular complexity index is 1060. The quantitative estimate of drug-likeness (QED) is 0.627. The zero-order valence-corrected chi connectivity index (χ0v) is 15.2. The van der Waals surface area contributed by atoms with Gasteiger partial charge in [-0.15, -0.1) is 0 Å². The molecule has 0 aliphatic carbocycles. The fraction of sp³-hybridized carbons (Fsp3) is 0.300. The second-order valence-corrected chi connectivity index (χ2v) is 7.13. The van der Waals surface area contributed by atoms with E-state index in [0.717, 1.165) is 11.0 Å². The standard InChI is InChI=1S/C20H19FN4O4/c21-11-4-3-5-12(8-11)23-20(27)24-16-15-9-28-19(29-15)17(18(16)26)25-10-22-13-6-1-2-7-14(13)25/h1-8,10,15-19,26H,9H2,(H2,23,24,27)/t15-,16-,17-,18+,19-/m1/s1. The Morgan fingerprint density at radius 1 is 1.24 bits per heavy atom. The van der Waals surface area contributed by atoms with E-state index in [4.69, 9.17) is 9.47 Å². The van der Waals surface area contributed by atoms with Crippen LogP contribution in [0.5, 0.6) is 0 Å². The smallest absolute Gasteiger partial charge is 0.319 e. The van der Waals surface area contributed by atoms with E-state index < -0.39 is 42.4 Å². The monoisotopic (exact) mass is 398 g/mol. The summed E-state index contributed by atoms with van der Waals surface area (Å²) in [5.74, 6) is -0.456. The molecule has 2 aliphatic heterocycles. The van der Waals surface area contributed by atoms with E-state index >= 15 is 0 Å². The Morgan fingerprint density at radius 2 is 2.10 bits per heavy atom. The highest BCUT2D eigenvalue weighted by atomic mass is 19.1. The molecule has 0 unspecified atom stereocenters. The number of amides is 2. The van der Waals surface area contributed by atoms with Gasteiger partial charge in [0.2, 0.25) is 0 Å².